The first-order valence-electron chi connectivity index (χ1n) is 16.2. The van der Waals surface area contributed by atoms with E-state index in [-0.39, 0.29) is 10.8 Å². The van der Waals surface area contributed by atoms with Gasteiger partial charge in [0.05, 0.1) is 19.6 Å². The summed E-state index contributed by atoms with van der Waals surface area (Å²) in [6.07, 6.45) is 3.23. The van der Waals surface area contributed by atoms with Gasteiger partial charge in [-0.05, 0) is 110 Å². The molecule has 5 aromatic rings. The van der Waals surface area contributed by atoms with Crippen LogP contribution in [0.1, 0.15) is 94.2 Å². The SMILES string of the molecule is CCC(C)(C)c1cc2c(c3ccccc13)-c1ccc(C(C)(CC)CC)cc1C2(c1ccc(OC)cc1)c1ccc(OC)cc1. The van der Waals surface area contributed by atoms with E-state index < -0.39 is 5.41 Å². The summed E-state index contributed by atoms with van der Waals surface area (Å²) in [5.41, 5.74) is 10.2. The van der Waals surface area contributed by atoms with Crippen molar-refractivity contribution in [1.29, 1.82) is 0 Å². The maximum atomic E-state index is 5.65. The summed E-state index contributed by atoms with van der Waals surface area (Å²) in [5.74, 6) is 1.73. The van der Waals surface area contributed by atoms with Gasteiger partial charge in [-0.3, -0.25) is 0 Å². The van der Waals surface area contributed by atoms with Gasteiger partial charge in [0.2, 0.25) is 0 Å². The average molecular weight is 583 g/mol. The maximum absolute atomic E-state index is 5.65. The summed E-state index contributed by atoms with van der Waals surface area (Å²) in [6, 6.07) is 36.5. The van der Waals surface area contributed by atoms with E-state index in [9.17, 15) is 0 Å². The zero-order chi connectivity index (χ0) is 31.3. The van der Waals surface area contributed by atoms with Gasteiger partial charge in [-0.15, -0.1) is 0 Å². The van der Waals surface area contributed by atoms with Gasteiger partial charge in [0.15, 0.2) is 0 Å². The lowest BCUT2D eigenvalue weighted by molar-refractivity contribution is 0.414. The molecule has 6 rings (SSSR count). The first-order chi connectivity index (χ1) is 21.2. The molecule has 2 heteroatoms. The van der Waals surface area contributed by atoms with Gasteiger partial charge >= 0.3 is 0 Å². The lowest BCUT2D eigenvalue weighted by Gasteiger charge is -2.36. The maximum Gasteiger partial charge on any atom is 0.118 e. The summed E-state index contributed by atoms with van der Waals surface area (Å²) < 4.78 is 11.3. The van der Waals surface area contributed by atoms with Crippen molar-refractivity contribution < 1.29 is 9.47 Å². The van der Waals surface area contributed by atoms with Gasteiger partial charge in [-0.1, -0.05) is 114 Å². The third-order valence-corrected chi connectivity index (χ3v) is 11.1. The zero-order valence-electron chi connectivity index (χ0n) is 27.7. The molecule has 1 aliphatic carbocycles. The Bertz CT molecular complexity index is 1760. The van der Waals surface area contributed by atoms with Crippen LogP contribution in [0, 0.1) is 0 Å². The smallest absolute Gasteiger partial charge is 0.118 e. The van der Waals surface area contributed by atoms with Crippen LogP contribution in [0.3, 0.4) is 0 Å². The van der Waals surface area contributed by atoms with Crippen molar-refractivity contribution in [2.75, 3.05) is 14.2 Å². The molecule has 0 N–H and O–H groups in total. The lowest BCUT2D eigenvalue weighted by Crippen LogP contribution is -2.30. The third-order valence-electron chi connectivity index (χ3n) is 11.1. The molecule has 5 aromatic carbocycles. The second-order valence-electron chi connectivity index (χ2n) is 13.4. The van der Waals surface area contributed by atoms with E-state index in [1.165, 1.54) is 55.3 Å². The Kier molecular flexibility index (Phi) is 7.60. The van der Waals surface area contributed by atoms with Gasteiger partial charge in [0, 0.05) is 0 Å². The number of rotatable bonds is 9. The Balaban J connectivity index is 1.84. The van der Waals surface area contributed by atoms with Gasteiger partial charge < -0.3 is 9.47 Å². The van der Waals surface area contributed by atoms with Crippen LogP contribution in [-0.4, -0.2) is 14.2 Å². The monoisotopic (exact) mass is 582 g/mol. The number of benzene rings is 5. The van der Waals surface area contributed by atoms with Crippen molar-refractivity contribution >= 4 is 10.8 Å². The van der Waals surface area contributed by atoms with E-state index in [2.05, 4.69) is 139 Å². The molecule has 0 aromatic heterocycles. The summed E-state index contributed by atoms with van der Waals surface area (Å²) in [6.45, 7) is 14.1. The topological polar surface area (TPSA) is 18.5 Å². The minimum atomic E-state index is -0.524. The Labute approximate surface area is 264 Å². The number of ether oxygens (including phenoxy) is 2. The van der Waals surface area contributed by atoms with Crippen molar-refractivity contribution in [3.63, 3.8) is 0 Å². The number of hydrogen-bond donors (Lipinski definition) is 0. The Hall–Kier alpha value is -4.04. The quantitative estimate of drug-likeness (QED) is 0.169. The zero-order valence-corrected chi connectivity index (χ0v) is 27.7. The fourth-order valence-corrected chi connectivity index (χ4v) is 7.43. The average Bonchev–Trinajstić information content (AvgIpc) is 3.38. The van der Waals surface area contributed by atoms with Crippen LogP contribution in [0.25, 0.3) is 21.9 Å². The molecule has 0 unspecified atom stereocenters. The van der Waals surface area contributed by atoms with Gasteiger partial charge in [-0.25, -0.2) is 0 Å². The van der Waals surface area contributed by atoms with E-state index >= 15 is 0 Å². The Morgan fingerprint density at radius 2 is 1.14 bits per heavy atom. The summed E-state index contributed by atoms with van der Waals surface area (Å²) in [7, 11) is 3.48. The first-order valence-corrected chi connectivity index (χ1v) is 16.2. The Morgan fingerprint density at radius 1 is 0.591 bits per heavy atom. The van der Waals surface area contributed by atoms with Crippen LogP contribution in [-0.2, 0) is 16.2 Å². The Morgan fingerprint density at radius 3 is 1.64 bits per heavy atom. The molecule has 0 spiro atoms. The molecule has 1 aliphatic rings. The number of fused-ring (bicyclic) bond motifs is 5. The molecule has 44 heavy (non-hydrogen) atoms. The van der Waals surface area contributed by atoms with E-state index in [0.717, 1.165) is 30.8 Å². The number of hydrogen-bond acceptors (Lipinski definition) is 2. The highest BCUT2D eigenvalue weighted by atomic mass is 16.5. The second kappa shape index (κ2) is 11.1. The van der Waals surface area contributed by atoms with E-state index in [1.54, 1.807) is 14.2 Å². The van der Waals surface area contributed by atoms with Crippen LogP contribution in [0.15, 0.2) is 97.1 Å². The van der Waals surface area contributed by atoms with Crippen molar-refractivity contribution in [3.05, 3.63) is 130 Å². The third kappa shape index (κ3) is 4.37. The van der Waals surface area contributed by atoms with E-state index in [4.69, 9.17) is 9.47 Å². The molecule has 0 radical (unpaired) electrons. The predicted molar refractivity (Wildman–Crippen MR) is 186 cm³/mol. The molecule has 0 fully saturated rings. The summed E-state index contributed by atoms with van der Waals surface area (Å²) in [4.78, 5) is 0. The largest absolute Gasteiger partial charge is 0.497 e. The molecular weight excluding hydrogens is 536 g/mol. The standard InChI is InChI=1S/C42H46O2/c1-9-40(4,5)36-27-38-39(34-15-13-12-14-33(34)36)35-25-20-30(41(6,10-2)11-3)26-37(35)42(38,28-16-21-31(43-7)22-17-28)29-18-23-32(44-8)24-19-29/h12-27H,9-11H2,1-8H3. The van der Waals surface area contributed by atoms with Crippen molar-refractivity contribution in [1.82, 2.24) is 0 Å². The second-order valence-corrected chi connectivity index (χ2v) is 13.4. The first kappa shape index (κ1) is 30.0. The van der Waals surface area contributed by atoms with Crippen LogP contribution < -0.4 is 9.47 Å². The highest BCUT2D eigenvalue weighted by Gasteiger charge is 2.48. The molecule has 2 nitrogen and oxygen atoms in total. The molecule has 0 amide bonds. The van der Waals surface area contributed by atoms with Crippen LogP contribution in [0.4, 0.5) is 0 Å². The van der Waals surface area contributed by atoms with E-state index in [0.29, 0.717) is 0 Å². The molecule has 226 valence electrons. The molecule has 0 saturated carbocycles. The molecule has 0 atom stereocenters. The lowest BCUT2D eigenvalue weighted by atomic mass is 9.65. The molecule has 0 heterocycles. The van der Waals surface area contributed by atoms with Gasteiger partial charge in [0.25, 0.3) is 0 Å². The molecular formula is C42H46O2. The van der Waals surface area contributed by atoms with E-state index in [1.807, 2.05) is 0 Å². The molecule has 0 aliphatic heterocycles. The number of methoxy groups -OCH3 is 2. The minimum Gasteiger partial charge on any atom is -0.497 e. The van der Waals surface area contributed by atoms with Crippen LogP contribution >= 0.6 is 0 Å². The summed E-state index contributed by atoms with van der Waals surface area (Å²) >= 11 is 0. The van der Waals surface area contributed by atoms with Crippen LogP contribution in [0.5, 0.6) is 11.5 Å². The fourth-order valence-electron chi connectivity index (χ4n) is 7.43. The normalized spacial score (nSPS) is 13.9. The molecule has 0 bridgehead atoms. The van der Waals surface area contributed by atoms with Gasteiger partial charge in [0.1, 0.15) is 11.5 Å². The predicted octanol–water partition coefficient (Wildman–Crippen LogP) is 11.0. The highest BCUT2D eigenvalue weighted by molar-refractivity contribution is 6.05. The fraction of sp³-hybridized carbons (Fsp3) is 0.333. The highest BCUT2D eigenvalue weighted by Crippen LogP contribution is 2.60. The minimum absolute atomic E-state index is 0.00309. The van der Waals surface area contributed by atoms with Crippen LogP contribution in [0.2, 0.25) is 0 Å². The van der Waals surface area contributed by atoms with Crippen molar-refractivity contribution in [2.45, 2.75) is 77.0 Å². The van der Waals surface area contributed by atoms with Crippen molar-refractivity contribution in [3.8, 4) is 22.6 Å². The molecule has 0 saturated heterocycles. The summed E-state index contributed by atoms with van der Waals surface area (Å²) in [5, 5.41) is 2.67. The van der Waals surface area contributed by atoms with Crippen molar-refractivity contribution in [2.24, 2.45) is 0 Å². The van der Waals surface area contributed by atoms with Gasteiger partial charge in [-0.2, -0.15) is 0 Å².